The molecule has 4 nitrogen and oxygen atoms in total. The Morgan fingerprint density at radius 1 is 0.905 bits per heavy atom. The molecule has 1 rings (SSSR count). The highest BCUT2D eigenvalue weighted by atomic mass is 32.2. The summed E-state index contributed by atoms with van der Waals surface area (Å²) >= 11 is 0. The Bertz CT molecular complexity index is 605. The van der Waals surface area contributed by atoms with E-state index in [0.717, 1.165) is 27.8 Å². The summed E-state index contributed by atoms with van der Waals surface area (Å²) in [6.45, 7) is 13.9. The predicted molar refractivity (Wildman–Crippen MR) is 88.1 cm³/mol. The molecule has 5 heteroatoms. The Morgan fingerprint density at radius 2 is 1.29 bits per heavy atom. The molecule has 1 aromatic rings. The number of hydrogen-bond acceptors (Lipinski definition) is 3. The molecular weight excluding hydrogens is 284 g/mol. The van der Waals surface area contributed by atoms with Gasteiger partial charge in [-0.15, -0.1) is 0 Å². The lowest BCUT2D eigenvalue weighted by Gasteiger charge is -2.24. The molecule has 0 aromatic heterocycles. The Hall–Kier alpha value is -0.910. The van der Waals surface area contributed by atoms with E-state index in [0.29, 0.717) is 11.4 Å². The molecule has 1 atom stereocenters. The van der Waals surface area contributed by atoms with Crippen LogP contribution in [0.2, 0.25) is 0 Å². The molecule has 1 aromatic carbocycles. The van der Waals surface area contributed by atoms with Crippen LogP contribution < -0.4 is 10.5 Å². The van der Waals surface area contributed by atoms with E-state index < -0.39 is 10.0 Å². The minimum absolute atomic E-state index is 0.151. The molecule has 3 N–H and O–H groups in total. The summed E-state index contributed by atoms with van der Waals surface area (Å²) in [6.07, 6.45) is 0. The van der Waals surface area contributed by atoms with Gasteiger partial charge in [-0.2, -0.15) is 0 Å². The Morgan fingerprint density at radius 3 is 1.62 bits per heavy atom. The lowest BCUT2D eigenvalue weighted by atomic mass is 9.95. The second-order valence-electron chi connectivity index (χ2n) is 6.16. The minimum Gasteiger partial charge on any atom is -0.329 e. The number of benzene rings is 1. The fourth-order valence-electron chi connectivity index (χ4n) is 2.58. The zero-order chi connectivity index (χ0) is 16.5. The third kappa shape index (κ3) is 3.47. The van der Waals surface area contributed by atoms with E-state index in [-0.39, 0.29) is 12.0 Å². The second kappa shape index (κ2) is 6.46. The molecule has 21 heavy (non-hydrogen) atoms. The van der Waals surface area contributed by atoms with E-state index in [2.05, 4.69) is 4.72 Å². The molecule has 120 valence electrons. The maximum atomic E-state index is 12.8. The number of sulfonamides is 1. The van der Waals surface area contributed by atoms with Gasteiger partial charge in [0, 0.05) is 12.6 Å². The summed E-state index contributed by atoms with van der Waals surface area (Å²) < 4.78 is 28.4. The highest BCUT2D eigenvalue weighted by Crippen LogP contribution is 2.29. The van der Waals surface area contributed by atoms with Gasteiger partial charge < -0.3 is 5.73 Å². The fraction of sp³-hybridized carbons (Fsp3) is 0.625. The van der Waals surface area contributed by atoms with Gasteiger partial charge in [0.05, 0.1) is 4.90 Å². The lowest BCUT2D eigenvalue weighted by molar-refractivity contribution is 0.454. The molecule has 0 bridgehead atoms. The van der Waals surface area contributed by atoms with Crippen LogP contribution in [0.4, 0.5) is 0 Å². The van der Waals surface area contributed by atoms with Crippen molar-refractivity contribution in [3.63, 3.8) is 0 Å². The molecule has 0 aliphatic rings. The quantitative estimate of drug-likeness (QED) is 0.877. The highest BCUT2D eigenvalue weighted by molar-refractivity contribution is 7.89. The van der Waals surface area contributed by atoms with Gasteiger partial charge in [-0.3, -0.25) is 0 Å². The van der Waals surface area contributed by atoms with Crippen LogP contribution in [0.5, 0.6) is 0 Å². The Kier molecular flexibility index (Phi) is 5.58. The van der Waals surface area contributed by atoms with Crippen LogP contribution in [0.25, 0.3) is 0 Å². The zero-order valence-corrected chi connectivity index (χ0v) is 15.0. The molecule has 0 fully saturated rings. The summed E-state index contributed by atoms with van der Waals surface area (Å²) in [4.78, 5) is 0.405. The van der Waals surface area contributed by atoms with Gasteiger partial charge in [0.2, 0.25) is 10.0 Å². The van der Waals surface area contributed by atoms with Crippen molar-refractivity contribution in [1.29, 1.82) is 0 Å². The third-order valence-electron chi connectivity index (χ3n) is 4.57. The van der Waals surface area contributed by atoms with Crippen molar-refractivity contribution in [3.05, 3.63) is 27.8 Å². The van der Waals surface area contributed by atoms with Gasteiger partial charge in [-0.25, -0.2) is 13.1 Å². The van der Waals surface area contributed by atoms with Crippen molar-refractivity contribution in [3.8, 4) is 0 Å². The van der Waals surface area contributed by atoms with E-state index in [1.807, 2.05) is 48.5 Å². The molecule has 0 amide bonds. The van der Waals surface area contributed by atoms with Gasteiger partial charge in [0.15, 0.2) is 0 Å². The summed E-state index contributed by atoms with van der Waals surface area (Å²) in [5, 5.41) is 0. The second-order valence-corrected chi connectivity index (χ2v) is 7.81. The van der Waals surface area contributed by atoms with E-state index in [4.69, 9.17) is 5.73 Å². The van der Waals surface area contributed by atoms with E-state index in [1.165, 1.54) is 0 Å². The molecule has 0 aliphatic carbocycles. The largest absolute Gasteiger partial charge is 0.329 e. The van der Waals surface area contributed by atoms with Crippen LogP contribution in [-0.2, 0) is 10.0 Å². The highest BCUT2D eigenvalue weighted by Gasteiger charge is 2.26. The Labute approximate surface area is 129 Å². The molecule has 1 unspecified atom stereocenters. The van der Waals surface area contributed by atoms with Gasteiger partial charge in [-0.1, -0.05) is 13.8 Å². The van der Waals surface area contributed by atoms with Crippen molar-refractivity contribution in [1.82, 2.24) is 4.72 Å². The topological polar surface area (TPSA) is 72.2 Å². The molecule has 0 radical (unpaired) electrons. The van der Waals surface area contributed by atoms with Crippen molar-refractivity contribution in [2.24, 2.45) is 11.7 Å². The van der Waals surface area contributed by atoms with Crippen molar-refractivity contribution in [2.45, 2.75) is 59.4 Å². The van der Waals surface area contributed by atoms with Crippen LogP contribution in [0.3, 0.4) is 0 Å². The maximum Gasteiger partial charge on any atom is 0.241 e. The van der Waals surface area contributed by atoms with Gasteiger partial charge in [-0.05, 0) is 68.4 Å². The number of rotatable bonds is 5. The molecule has 0 saturated heterocycles. The van der Waals surface area contributed by atoms with E-state index >= 15 is 0 Å². The Balaban J connectivity index is 3.46. The monoisotopic (exact) mass is 312 g/mol. The molecule has 0 heterocycles. The van der Waals surface area contributed by atoms with Gasteiger partial charge in [0.25, 0.3) is 0 Å². The van der Waals surface area contributed by atoms with Crippen molar-refractivity contribution in [2.75, 3.05) is 6.54 Å². The standard InChI is InChI=1S/C16H28N2O2S/c1-9(2)15(8-17)18-21(19,20)16-13(6)11(4)10(3)12(5)14(16)7/h9,15,18H,8,17H2,1-7H3. The van der Waals surface area contributed by atoms with Crippen molar-refractivity contribution >= 4 is 10.0 Å². The smallest absolute Gasteiger partial charge is 0.241 e. The van der Waals surface area contributed by atoms with Gasteiger partial charge in [0.1, 0.15) is 0 Å². The maximum absolute atomic E-state index is 12.8. The SMILES string of the molecule is Cc1c(C)c(C)c(S(=O)(=O)NC(CN)C(C)C)c(C)c1C. The van der Waals surface area contributed by atoms with Crippen LogP contribution in [0, 0.1) is 40.5 Å². The summed E-state index contributed by atoms with van der Waals surface area (Å²) in [7, 11) is -3.57. The fourth-order valence-corrected chi connectivity index (χ4v) is 4.58. The molecule has 0 spiro atoms. The normalized spacial score (nSPS) is 13.8. The van der Waals surface area contributed by atoms with Crippen molar-refractivity contribution < 1.29 is 8.42 Å². The summed E-state index contributed by atoms with van der Waals surface area (Å²) in [5.74, 6) is 0.151. The number of nitrogens with two attached hydrogens (primary N) is 1. The van der Waals surface area contributed by atoms with Crippen LogP contribution in [0.15, 0.2) is 4.90 Å². The predicted octanol–water partition coefficient (Wildman–Crippen LogP) is 2.49. The first-order valence-electron chi connectivity index (χ1n) is 7.33. The zero-order valence-electron chi connectivity index (χ0n) is 14.2. The van der Waals surface area contributed by atoms with Crippen LogP contribution in [0.1, 0.15) is 41.7 Å². The average Bonchev–Trinajstić information content (AvgIpc) is 2.40. The first-order valence-corrected chi connectivity index (χ1v) is 8.82. The summed E-state index contributed by atoms with van der Waals surface area (Å²) in [6, 6.07) is -0.254. The number of nitrogens with one attached hydrogen (secondary N) is 1. The van der Waals surface area contributed by atoms with Crippen LogP contribution >= 0.6 is 0 Å². The first kappa shape index (κ1) is 18.1. The molecule has 0 aliphatic heterocycles. The number of hydrogen-bond donors (Lipinski definition) is 2. The first-order chi connectivity index (χ1) is 9.54. The minimum atomic E-state index is -3.57. The molecular formula is C16H28N2O2S. The van der Waals surface area contributed by atoms with Gasteiger partial charge >= 0.3 is 0 Å². The summed E-state index contributed by atoms with van der Waals surface area (Å²) in [5.41, 5.74) is 10.6. The van der Waals surface area contributed by atoms with Crippen LogP contribution in [-0.4, -0.2) is 21.0 Å². The van der Waals surface area contributed by atoms with E-state index in [9.17, 15) is 8.42 Å². The third-order valence-corrected chi connectivity index (χ3v) is 6.33. The van der Waals surface area contributed by atoms with E-state index in [1.54, 1.807) is 0 Å². The molecule has 0 saturated carbocycles. The average molecular weight is 312 g/mol. The lowest BCUT2D eigenvalue weighted by Crippen LogP contribution is -2.44.